The average molecular weight is 316 g/mol. The third kappa shape index (κ3) is 3.50. The van der Waals surface area contributed by atoms with Gasteiger partial charge in [-0.15, -0.1) is 0 Å². The maximum atomic E-state index is 13.8. The second-order valence-corrected chi connectivity index (χ2v) is 5.81. The van der Waals surface area contributed by atoms with E-state index in [2.05, 4.69) is 10.2 Å². The van der Waals surface area contributed by atoms with Gasteiger partial charge in [0, 0.05) is 30.0 Å². The third-order valence-electron chi connectivity index (χ3n) is 4.03. The van der Waals surface area contributed by atoms with E-state index in [9.17, 15) is 13.6 Å². The molecule has 0 bridgehead atoms. The number of amides is 1. The van der Waals surface area contributed by atoms with Crippen molar-refractivity contribution < 1.29 is 13.6 Å². The first-order valence-electron chi connectivity index (χ1n) is 7.66. The number of halogens is 2. The van der Waals surface area contributed by atoms with Gasteiger partial charge in [0.05, 0.1) is 0 Å². The Hall–Kier alpha value is -2.43. The summed E-state index contributed by atoms with van der Waals surface area (Å²) in [5, 5.41) is 2.68. The van der Waals surface area contributed by atoms with E-state index in [-0.39, 0.29) is 17.5 Å². The first kappa shape index (κ1) is 15.5. The lowest BCUT2D eigenvalue weighted by Crippen LogP contribution is -2.18. The molecule has 0 radical (unpaired) electrons. The summed E-state index contributed by atoms with van der Waals surface area (Å²) in [4.78, 5) is 14.3. The van der Waals surface area contributed by atoms with E-state index in [1.54, 1.807) is 13.0 Å². The predicted octanol–water partition coefficient (Wildman–Crippen LogP) is 4.13. The van der Waals surface area contributed by atoms with E-state index in [1.165, 1.54) is 30.3 Å². The van der Waals surface area contributed by atoms with Crippen LogP contribution in [0.3, 0.4) is 0 Å². The summed E-state index contributed by atoms with van der Waals surface area (Å²) < 4.78 is 27.1. The first-order chi connectivity index (χ1) is 11.0. The van der Waals surface area contributed by atoms with Gasteiger partial charge in [0.1, 0.15) is 11.6 Å². The quantitative estimate of drug-likeness (QED) is 0.923. The van der Waals surface area contributed by atoms with Crippen molar-refractivity contribution in [1.82, 2.24) is 0 Å². The number of anilines is 2. The Morgan fingerprint density at radius 3 is 2.52 bits per heavy atom. The van der Waals surface area contributed by atoms with Gasteiger partial charge in [0.15, 0.2) is 0 Å². The van der Waals surface area contributed by atoms with Crippen molar-refractivity contribution in [1.29, 1.82) is 0 Å². The Bertz CT molecular complexity index is 740. The Labute approximate surface area is 133 Å². The fourth-order valence-electron chi connectivity index (χ4n) is 2.79. The van der Waals surface area contributed by atoms with Crippen molar-refractivity contribution in [2.24, 2.45) is 0 Å². The normalized spacial score (nSPS) is 14.1. The molecule has 1 amide bonds. The molecule has 1 saturated heterocycles. The average Bonchev–Trinajstić information content (AvgIpc) is 3.03. The fraction of sp³-hybridized carbons (Fsp3) is 0.278. The van der Waals surface area contributed by atoms with Crippen LogP contribution >= 0.6 is 0 Å². The molecule has 5 heteroatoms. The van der Waals surface area contributed by atoms with Gasteiger partial charge in [0.25, 0.3) is 5.91 Å². The van der Waals surface area contributed by atoms with E-state index in [1.807, 2.05) is 0 Å². The molecule has 0 aliphatic carbocycles. The molecule has 3 rings (SSSR count). The molecule has 0 saturated carbocycles. The second-order valence-electron chi connectivity index (χ2n) is 5.81. The Morgan fingerprint density at radius 2 is 1.83 bits per heavy atom. The Morgan fingerprint density at radius 1 is 1.09 bits per heavy atom. The zero-order chi connectivity index (χ0) is 16.4. The zero-order valence-corrected chi connectivity index (χ0v) is 12.9. The van der Waals surface area contributed by atoms with Gasteiger partial charge in [-0.25, -0.2) is 8.78 Å². The molecule has 1 aliphatic heterocycles. The molecule has 120 valence electrons. The fourth-order valence-corrected chi connectivity index (χ4v) is 2.79. The van der Waals surface area contributed by atoms with Crippen LogP contribution in [0.2, 0.25) is 0 Å². The molecule has 0 spiro atoms. The van der Waals surface area contributed by atoms with Crippen LogP contribution in [-0.4, -0.2) is 19.0 Å². The molecule has 0 atom stereocenters. The molecule has 2 aromatic carbocycles. The highest BCUT2D eigenvalue weighted by atomic mass is 19.1. The summed E-state index contributed by atoms with van der Waals surface area (Å²) in [5.41, 5.74) is 1.91. The minimum Gasteiger partial charge on any atom is -0.371 e. The SMILES string of the molecule is Cc1cc(C(=O)Nc2cc(F)cc(N3CCCC3)c2)ccc1F. The number of carbonyl (C=O) groups is 1. The smallest absolute Gasteiger partial charge is 0.255 e. The summed E-state index contributed by atoms with van der Waals surface area (Å²) in [6.07, 6.45) is 2.18. The molecule has 0 unspecified atom stereocenters. The molecule has 1 fully saturated rings. The van der Waals surface area contributed by atoms with Crippen molar-refractivity contribution in [2.75, 3.05) is 23.3 Å². The summed E-state index contributed by atoms with van der Waals surface area (Å²) in [6, 6.07) is 8.68. The second kappa shape index (κ2) is 6.36. The van der Waals surface area contributed by atoms with Crippen LogP contribution in [0.4, 0.5) is 20.2 Å². The van der Waals surface area contributed by atoms with E-state index in [0.29, 0.717) is 16.8 Å². The summed E-state index contributed by atoms with van der Waals surface area (Å²) >= 11 is 0. The molecule has 2 aromatic rings. The number of nitrogens with one attached hydrogen (secondary N) is 1. The molecule has 0 aromatic heterocycles. The molecule has 1 heterocycles. The number of benzene rings is 2. The molecular formula is C18H18F2N2O. The predicted molar refractivity (Wildman–Crippen MR) is 86.9 cm³/mol. The van der Waals surface area contributed by atoms with E-state index in [4.69, 9.17) is 0 Å². The highest BCUT2D eigenvalue weighted by Gasteiger charge is 2.15. The van der Waals surface area contributed by atoms with Crippen molar-refractivity contribution >= 4 is 17.3 Å². The van der Waals surface area contributed by atoms with Gasteiger partial charge >= 0.3 is 0 Å². The van der Waals surface area contributed by atoms with E-state index >= 15 is 0 Å². The lowest BCUT2D eigenvalue weighted by Gasteiger charge is -2.19. The standard InChI is InChI=1S/C18H18F2N2O/c1-12-8-13(4-5-17(12)20)18(23)21-15-9-14(19)10-16(11-15)22-6-2-3-7-22/h4-5,8-11H,2-3,6-7H2,1H3,(H,21,23). The van der Waals surface area contributed by atoms with Crippen molar-refractivity contribution in [3.8, 4) is 0 Å². The topological polar surface area (TPSA) is 32.3 Å². The first-order valence-corrected chi connectivity index (χ1v) is 7.66. The summed E-state index contributed by atoms with van der Waals surface area (Å²) in [6.45, 7) is 3.39. The molecule has 3 nitrogen and oxygen atoms in total. The number of rotatable bonds is 3. The summed E-state index contributed by atoms with van der Waals surface area (Å²) in [5.74, 6) is -1.13. The highest BCUT2D eigenvalue weighted by molar-refractivity contribution is 6.04. The lowest BCUT2D eigenvalue weighted by molar-refractivity contribution is 0.102. The van der Waals surface area contributed by atoms with Crippen molar-refractivity contribution in [3.05, 3.63) is 59.2 Å². The summed E-state index contributed by atoms with van der Waals surface area (Å²) in [7, 11) is 0. The number of carbonyl (C=O) groups excluding carboxylic acids is 1. The minimum absolute atomic E-state index is 0.343. The maximum Gasteiger partial charge on any atom is 0.255 e. The lowest BCUT2D eigenvalue weighted by atomic mass is 10.1. The molecule has 23 heavy (non-hydrogen) atoms. The van der Waals surface area contributed by atoms with Gasteiger partial charge in [-0.1, -0.05) is 0 Å². The third-order valence-corrected chi connectivity index (χ3v) is 4.03. The molecule has 1 aliphatic rings. The largest absolute Gasteiger partial charge is 0.371 e. The van der Waals surface area contributed by atoms with Crippen molar-refractivity contribution in [2.45, 2.75) is 19.8 Å². The monoisotopic (exact) mass is 316 g/mol. The Kier molecular flexibility index (Phi) is 4.28. The van der Waals surface area contributed by atoms with Crippen LogP contribution in [0, 0.1) is 18.6 Å². The van der Waals surface area contributed by atoms with Crippen LogP contribution in [-0.2, 0) is 0 Å². The van der Waals surface area contributed by atoms with Gasteiger partial charge < -0.3 is 10.2 Å². The van der Waals surface area contributed by atoms with Gasteiger partial charge in [-0.05, 0) is 61.7 Å². The Balaban J connectivity index is 1.81. The maximum absolute atomic E-state index is 13.8. The van der Waals surface area contributed by atoms with Gasteiger partial charge in [-0.3, -0.25) is 4.79 Å². The minimum atomic E-state index is -0.389. The van der Waals surface area contributed by atoms with Gasteiger partial charge in [0.2, 0.25) is 0 Å². The van der Waals surface area contributed by atoms with Crippen LogP contribution in [0.25, 0.3) is 0 Å². The number of hydrogen-bond donors (Lipinski definition) is 1. The van der Waals surface area contributed by atoms with Crippen LogP contribution < -0.4 is 10.2 Å². The molecule has 1 N–H and O–H groups in total. The highest BCUT2D eigenvalue weighted by Crippen LogP contribution is 2.25. The van der Waals surface area contributed by atoms with E-state index < -0.39 is 0 Å². The van der Waals surface area contributed by atoms with Crippen LogP contribution in [0.5, 0.6) is 0 Å². The van der Waals surface area contributed by atoms with E-state index in [0.717, 1.165) is 31.6 Å². The van der Waals surface area contributed by atoms with Crippen LogP contribution in [0.1, 0.15) is 28.8 Å². The number of nitrogens with zero attached hydrogens (tertiary/aromatic N) is 1. The van der Waals surface area contributed by atoms with Crippen molar-refractivity contribution in [3.63, 3.8) is 0 Å². The number of hydrogen-bond acceptors (Lipinski definition) is 2. The molecular weight excluding hydrogens is 298 g/mol. The zero-order valence-electron chi connectivity index (χ0n) is 12.9. The number of aryl methyl sites for hydroxylation is 1. The van der Waals surface area contributed by atoms with Crippen LogP contribution in [0.15, 0.2) is 36.4 Å². The van der Waals surface area contributed by atoms with Gasteiger partial charge in [-0.2, -0.15) is 0 Å².